The zero-order valence-corrected chi connectivity index (χ0v) is 48.8. The molecule has 13 heteroatoms. The van der Waals surface area contributed by atoms with Gasteiger partial charge < -0.3 is 34.3 Å². The summed E-state index contributed by atoms with van der Waals surface area (Å²) in [6.07, 6.45) is 54.0. The maximum atomic E-state index is 13.0. The molecule has 1 rings (SSSR count). The van der Waals surface area contributed by atoms with Gasteiger partial charge in [-0.05, 0) is 38.5 Å². The number of allylic oxidation sites excluding steroid dienone is 2. The fourth-order valence-corrected chi connectivity index (χ4v) is 10.7. The molecule has 1 fully saturated rings. The third-order valence-electron chi connectivity index (χ3n) is 14.9. The van der Waals surface area contributed by atoms with Crippen molar-refractivity contribution in [1.82, 2.24) is 0 Å². The predicted octanol–water partition coefficient (Wildman–Crippen LogP) is 16.1. The molecule has 0 saturated carbocycles. The maximum absolute atomic E-state index is 13.0. The van der Waals surface area contributed by atoms with Crippen LogP contribution in [0.1, 0.15) is 309 Å². The van der Waals surface area contributed by atoms with Gasteiger partial charge >= 0.3 is 16.4 Å². The molecular formula is C61H118O12S. The Balaban J connectivity index is 2.24. The largest absolute Gasteiger partial charge is 0.457 e. The standard InChI is InChI=1S/C61H118O12S/c1-3-5-7-9-11-13-15-17-19-21-23-25-27-29-31-33-35-37-39-41-43-45-47-49-51-69-53-55(54-70-61-59(65)60(73-74(66,67)68)58(64)56(52-62)72-61)71-57(63)50-48-46-44-42-40-38-36-34-32-30-28-26-24-22-20-18-16-14-12-10-8-6-4-2/h21,23,55-56,58-62,64-65H,3-20,22,24-54H2,1-2H3,(H,66,67,68)/b23-21-. The topological polar surface area (TPSA) is 178 Å². The highest BCUT2D eigenvalue weighted by Gasteiger charge is 2.48. The van der Waals surface area contributed by atoms with Gasteiger partial charge in [-0.1, -0.05) is 276 Å². The van der Waals surface area contributed by atoms with Gasteiger partial charge in [0.2, 0.25) is 0 Å². The van der Waals surface area contributed by atoms with Crippen LogP contribution in [-0.2, 0) is 38.3 Å². The lowest BCUT2D eigenvalue weighted by molar-refractivity contribution is -0.301. The third kappa shape index (κ3) is 44.8. The lowest BCUT2D eigenvalue weighted by Gasteiger charge is -2.41. The van der Waals surface area contributed by atoms with Crippen molar-refractivity contribution in [2.75, 3.05) is 26.4 Å². The molecule has 0 spiro atoms. The van der Waals surface area contributed by atoms with Gasteiger partial charge in [0.25, 0.3) is 0 Å². The summed E-state index contributed by atoms with van der Waals surface area (Å²) in [5.74, 6) is -0.390. The zero-order valence-electron chi connectivity index (χ0n) is 47.9. The Morgan fingerprint density at radius 1 is 0.500 bits per heavy atom. The van der Waals surface area contributed by atoms with Crippen molar-refractivity contribution >= 4 is 16.4 Å². The third-order valence-corrected chi connectivity index (χ3v) is 15.4. The van der Waals surface area contributed by atoms with E-state index in [9.17, 15) is 33.1 Å². The Morgan fingerprint density at radius 3 is 1.22 bits per heavy atom. The van der Waals surface area contributed by atoms with Crippen molar-refractivity contribution < 1.29 is 56.2 Å². The highest BCUT2D eigenvalue weighted by molar-refractivity contribution is 7.80. The van der Waals surface area contributed by atoms with E-state index in [0.717, 1.165) is 38.5 Å². The normalized spacial score (nSPS) is 18.7. The van der Waals surface area contributed by atoms with E-state index < -0.39 is 53.8 Å². The molecule has 1 aliphatic heterocycles. The second kappa shape index (κ2) is 52.5. The van der Waals surface area contributed by atoms with Crippen LogP contribution in [-0.4, -0.2) is 97.5 Å². The number of aliphatic hydroxyl groups is 3. The number of ether oxygens (including phenoxy) is 4. The van der Waals surface area contributed by atoms with Crippen molar-refractivity contribution in [3.05, 3.63) is 12.2 Å². The first kappa shape index (κ1) is 70.9. The first-order chi connectivity index (χ1) is 36.1. The van der Waals surface area contributed by atoms with Gasteiger partial charge in [-0.15, -0.1) is 0 Å². The van der Waals surface area contributed by atoms with Crippen LogP contribution in [0.15, 0.2) is 12.2 Å². The van der Waals surface area contributed by atoms with E-state index in [4.69, 9.17) is 18.9 Å². The van der Waals surface area contributed by atoms with Gasteiger partial charge in [0, 0.05) is 13.0 Å². The minimum Gasteiger partial charge on any atom is -0.457 e. The summed E-state index contributed by atoms with van der Waals surface area (Å²) in [7, 11) is -5.07. The second-order valence-corrected chi connectivity index (χ2v) is 23.1. The molecule has 0 aromatic heterocycles. The molecule has 0 bridgehead atoms. The molecule has 0 aromatic carbocycles. The van der Waals surface area contributed by atoms with Gasteiger partial charge in [-0.3, -0.25) is 9.35 Å². The summed E-state index contributed by atoms with van der Waals surface area (Å²) in [5, 5.41) is 30.9. The minimum atomic E-state index is -5.07. The lowest BCUT2D eigenvalue weighted by atomic mass is 9.99. The Labute approximate surface area is 455 Å². The van der Waals surface area contributed by atoms with Crippen LogP contribution in [0.4, 0.5) is 0 Å². The van der Waals surface area contributed by atoms with E-state index in [1.165, 1.54) is 244 Å². The average molecular weight is 1080 g/mol. The Bertz CT molecular complexity index is 1330. The van der Waals surface area contributed by atoms with Crippen LogP contribution < -0.4 is 0 Å². The average Bonchev–Trinajstić information content (AvgIpc) is 3.38. The van der Waals surface area contributed by atoms with E-state index >= 15 is 0 Å². The van der Waals surface area contributed by atoms with Crippen molar-refractivity contribution in [2.45, 2.75) is 346 Å². The Hall–Kier alpha value is -1.16. The van der Waals surface area contributed by atoms with E-state index in [-0.39, 0.29) is 25.6 Å². The maximum Gasteiger partial charge on any atom is 0.397 e. The van der Waals surface area contributed by atoms with Crippen LogP contribution >= 0.6 is 0 Å². The number of unbranched alkanes of at least 4 members (excludes halogenated alkanes) is 42. The van der Waals surface area contributed by atoms with Gasteiger partial charge in [0.1, 0.15) is 30.5 Å². The molecule has 440 valence electrons. The van der Waals surface area contributed by atoms with Crippen LogP contribution in [0.25, 0.3) is 0 Å². The Kier molecular flexibility index (Phi) is 50.3. The molecular weight excluding hydrogens is 957 g/mol. The zero-order chi connectivity index (χ0) is 53.8. The van der Waals surface area contributed by atoms with E-state index in [2.05, 4.69) is 30.2 Å². The smallest absolute Gasteiger partial charge is 0.397 e. The minimum absolute atomic E-state index is 0.0427. The highest BCUT2D eigenvalue weighted by atomic mass is 32.3. The second-order valence-electron chi connectivity index (χ2n) is 22.0. The predicted molar refractivity (Wildman–Crippen MR) is 304 cm³/mol. The molecule has 0 radical (unpaired) electrons. The molecule has 1 saturated heterocycles. The monoisotopic (exact) mass is 1070 g/mol. The summed E-state index contributed by atoms with van der Waals surface area (Å²) in [5.41, 5.74) is 0. The molecule has 6 unspecified atom stereocenters. The van der Waals surface area contributed by atoms with Crippen LogP contribution in [0, 0.1) is 0 Å². The number of aliphatic hydroxyl groups excluding tert-OH is 3. The molecule has 6 atom stereocenters. The molecule has 0 amide bonds. The summed E-state index contributed by atoms with van der Waals surface area (Å²) in [4.78, 5) is 13.0. The number of hydrogen-bond acceptors (Lipinski definition) is 11. The fourth-order valence-electron chi connectivity index (χ4n) is 10.1. The molecule has 1 aliphatic rings. The van der Waals surface area contributed by atoms with E-state index in [1.807, 2.05) is 0 Å². The number of esters is 1. The fraction of sp³-hybridized carbons (Fsp3) is 0.951. The summed E-state index contributed by atoms with van der Waals surface area (Å²) >= 11 is 0. The summed E-state index contributed by atoms with van der Waals surface area (Å²) < 4.78 is 59.6. The molecule has 74 heavy (non-hydrogen) atoms. The summed E-state index contributed by atoms with van der Waals surface area (Å²) in [6.45, 7) is 4.08. The highest BCUT2D eigenvalue weighted by Crippen LogP contribution is 2.26. The van der Waals surface area contributed by atoms with E-state index in [0.29, 0.717) is 13.0 Å². The van der Waals surface area contributed by atoms with Crippen molar-refractivity contribution in [3.63, 3.8) is 0 Å². The number of carbonyl (C=O) groups excluding carboxylic acids is 1. The van der Waals surface area contributed by atoms with Gasteiger partial charge in [-0.2, -0.15) is 8.42 Å². The number of carbonyl (C=O) groups is 1. The van der Waals surface area contributed by atoms with Gasteiger partial charge in [0.05, 0.1) is 19.8 Å². The van der Waals surface area contributed by atoms with Gasteiger partial charge in [-0.25, -0.2) is 4.18 Å². The molecule has 1 heterocycles. The SMILES string of the molecule is CCCCCCCCCC/C=C\CCCCCCCCCCCCCCOCC(COC1OC(CO)C(O)C(OS(=O)(=O)O)C1O)OC(=O)CCCCCCCCCCCCCCCCCCCCCCCCC. The van der Waals surface area contributed by atoms with Crippen molar-refractivity contribution in [3.8, 4) is 0 Å². The number of rotatable bonds is 57. The molecule has 0 aromatic rings. The van der Waals surface area contributed by atoms with Crippen molar-refractivity contribution in [2.24, 2.45) is 0 Å². The Morgan fingerprint density at radius 2 is 0.851 bits per heavy atom. The first-order valence-electron chi connectivity index (χ1n) is 31.4. The molecule has 0 aliphatic carbocycles. The number of hydrogen-bond donors (Lipinski definition) is 4. The molecule has 4 N–H and O–H groups in total. The van der Waals surface area contributed by atoms with Crippen LogP contribution in [0.2, 0.25) is 0 Å². The molecule has 12 nitrogen and oxygen atoms in total. The van der Waals surface area contributed by atoms with Crippen LogP contribution in [0.5, 0.6) is 0 Å². The van der Waals surface area contributed by atoms with Gasteiger partial charge in [0.15, 0.2) is 6.29 Å². The van der Waals surface area contributed by atoms with Crippen molar-refractivity contribution in [1.29, 1.82) is 0 Å². The quantitative estimate of drug-likeness (QED) is 0.0196. The lowest BCUT2D eigenvalue weighted by Crippen LogP contribution is -2.60. The van der Waals surface area contributed by atoms with Crippen LogP contribution in [0.3, 0.4) is 0 Å². The first-order valence-corrected chi connectivity index (χ1v) is 32.8. The van der Waals surface area contributed by atoms with E-state index in [1.54, 1.807) is 0 Å². The summed E-state index contributed by atoms with van der Waals surface area (Å²) in [6, 6.07) is 0.